The average molecular weight is 427 g/mol. The minimum absolute atomic E-state index is 0.0742. The molecule has 30 heavy (non-hydrogen) atoms. The Bertz CT molecular complexity index is 988. The van der Waals surface area contributed by atoms with E-state index in [-0.39, 0.29) is 22.6 Å². The fourth-order valence-electron chi connectivity index (χ4n) is 4.28. The van der Waals surface area contributed by atoms with Gasteiger partial charge in [0.05, 0.1) is 15.9 Å². The van der Waals surface area contributed by atoms with Crippen molar-refractivity contribution in [2.45, 2.75) is 50.1 Å². The fourth-order valence-corrected chi connectivity index (χ4v) is 4.73. The van der Waals surface area contributed by atoms with Crippen molar-refractivity contribution in [2.75, 3.05) is 6.54 Å². The lowest BCUT2D eigenvalue weighted by molar-refractivity contribution is 0.0606. The molecule has 1 aromatic heterocycles. The number of hydrogen-bond donors (Lipinski definition) is 3. The normalized spacial score (nSPS) is 21.6. The molecule has 1 aliphatic rings. The monoisotopic (exact) mass is 426 g/mol. The second-order valence-electron chi connectivity index (χ2n) is 7.96. The van der Waals surface area contributed by atoms with Crippen LogP contribution in [0.15, 0.2) is 48.5 Å². The summed E-state index contributed by atoms with van der Waals surface area (Å²) in [7, 11) is 0. The topological polar surface area (TPSA) is 61.0 Å². The van der Waals surface area contributed by atoms with E-state index in [1.54, 1.807) is 12.1 Å². The fraction of sp³-hybridized carbons (Fsp3) is 0.391. The highest BCUT2D eigenvalue weighted by Crippen LogP contribution is 2.35. The van der Waals surface area contributed by atoms with Crippen LogP contribution in [0.4, 0.5) is 4.39 Å². The predicted octanol–water partition coefficient (Wildman–Crippen LogP) is 4.52. The van der Waals surface area contributed by atoms with Crippen LogP contribution in [-0.4, -0.2) is 38.2 Å². The zero-order valence-corrected chi connectivity index (χ0v) is 18.0. The summed E-state index contributed by atoms with van der Waals surface area (Å²) >= 11 is 4.94. The largest absolute Gasteiger partial charge is 0.334 e. The molecular formula is C23H27FN4OS. The molecule has 7 heteroatoms. The minimum atomic E-state index is -0.376. The SMILES string of the molecule is CCN(C(=O)c1nc2ccccc2[nH]1)[C@H]1CCC[C@@](S)(NCc2ccc(F)cc2)C1. The lowest BCUT2D eigenvalue weighted by Crippen LogP contribution is -2.51. The van der Waals surface area contributed by atoms with Crippen molar-refractivity contribution in [3.8, 4) is 0 Å². The summed E-state index contributed by atoms with van der Waals surface area (Å²) < 4.78 is 13.1. The van der Waals surface area contributed by atoms with Crippen molar-refractivity contribution in [3.63, 3.8) is 0 Å². The number of carbonyl (C=O) groups excluding carboxylic acids is 1. The summed E-state index contributed by atoms with van der Waals surface area (Å²) in [6.45, 7) is 3.23. The van der Waals surface area contributed by atoms with E-state index in [4.69, 9.17) is 12.6 Å². The number of aromatic amines is 1. The molecular weight excluding hydrogens is 399 g/mol. The van der Waals surface area contributed by atoms with Crippen LogP contribution in [0.2, 0.25) is 0 Å². The number of hydrogen-bond acceptors (Lipinski definition) is 4. The molecule has 2 atom stereocenters. The van der Waals surface area contributed by atoms with Crippen LogP contribution < -0.4 is 5.32 Å². The van der Waals surface area contributed by atoms with Crippen molar-refractivity contribution < 1.29 is 9.18 Å². The van der Waals surface area contributed by atoms with Crippen LogP contribution in [-0.2, 0) is 6.54 Å². The van der Waals surface area contributed by atoms with E-state index >= 15 is 0 Å². The molecule has 1 heterocycles. The van der Waals surface area contributed by atoms with Gasteiger partial charge in [-0.2, -0.15) is 12.6 Å². The van der Waals surface area contributed by atoms with Gasteiger partial charge in [-0.15, -0.1) is 0 Å². The first kappa shape index (κ1) is 20.9. The number of benzene rings is 2. The maximum Gasteiger partial charge on any atom is 0.289 e. The maximum atomic E-state index is 13.2. The number of imidazole rings is 1. The molecule has 4 rings (SSSR count). The number of rotatable bonds is 6. The number of nitrogens with one attached hydrogen (secondary N) is 2. The van der Waals surface area contributed by atoms with Gasteiger partial charge in [-0.1, -0.05) is 24.3 Å². The van der Waals surface area contributed by atoms with Gasteiger partial charge in [-0.3, -0.25) is 10.1 Å². The Hall–Kier alpha value is -2.38. The van der Waals surface area contributed by atoms with Crippen LogP contribution in [0.25, 0.3) is 11.0 Å². The van der Waals surface area contributed by atoms with Gasteiger partial charge >= 0.3 is 0 Å². The van der Waals surface area contributed by atoms with Gasteiger partial charge in [0.25, 0.3) is 5.91 Å². The Kier molecular flexibility index (Phi) is 6.11. The van der Waals surface area contributed by atoms with Crippen LogP contribution in [0.1, 0.15) is 48.8 Å². The van der Waals surface area contributed by atoms with E-state index in [1.807, 2.05) is 36.1 Å². The van der Waals surface area contributed by atoms with E-state index in [1.165, 1.54) is 12.1 Å². The van der Waals surface area contributed by atoms with Crippen molar-refractivity contribution >= 4 is 29.6 Å². The molecule has 0 spiro atoms. The Labute approximate surface area is 181 Å². The maximum absolute atomic E-state index is 13.2. The summed E-state index contributed by atoms with van der Waals surface area (Å²) in [6, 6.07) is 14.3. The molecule has 0 radical (unpaired) electrons. The zero-order chi connectivity index (χ0) is 21.1. The first-order valence-electron chi connectivity index (χ1n) is 10.4. The van der Waals surface area contributed by atoms with Crippen molar-refractivity contribution in [3.05, 3.63) is 65.7 Å². The molecule has 1 amide bonds. The lowest BCUT2D eigenvalue weighted by Gasteiger charge is -2.42. The summed E-state index contributed by atoms with van der Waals surface area (Å²) in [6.07, 6.45) is 3.59. The third-order valence-electron chi connectivity index (χ3n) is 5.87. The number of fused-ring (bicyclic) bond motifs is 1. The van der Waals surface area contributed by atoms with Gasteiger partial charge in [0.2, 0.25) is 0 Å². The average Bonchev–Trinajstić information content (AvgIpc) is 3.18. The van der Waals surface area contributed by atoms with Crippen LogP contribution in [0.3, 0.4) is 0 Å². The zero-order valence-electron chi connectivity index (χ0n) is 17.1. The van der Waals surface area contributed by atoms with Gasteiger partial charge in [-0.05, 0) is 62.4 Å². The molecule has 0 saturated heterocycles. The number of halogens is 1. The molecule has 1 aliphatic carbocycles. The summed E-state index contributed by atoms with van der Waals surface area (Å²) in [5, 5.41) is 3.52. The highest BCUT2D eigenvalue weighted by Gasteiger charge is 2.37. The summed E-state index contributed by atoms with van der Waals surface area (Å²) in [5.41, 5.74) is 2.67. The predicted molar refractivity (Wildman–Crippen MR) is 120 cm³/mol. The van der Waals surface area contributed by atoms with E-state index in [0.29, 0.717) is 18.9 Å². The number of para-hydroxylation sites is 2. The number of aromatic nitrogens is 2. The molecule has 3 aromatic rings. The van der Waals surface area contributed by atoms with E-state index < -0.39 is 0 Å². The number of nitrogens with zero attached hydrogens (tertiary/aromatic N) is 2. The smallest absolute Gasteiger partial charge is 0.289 e. The molecule has 1 saturated carbocycles. The number of carbonyl (C=O) groups is 1. The number of amides is 1. The molecule has 1 fully saturated rings. The van der Waals surface area contributed by atoms with Crippen LogP contribution in [0.5, 0.6) is 0 Å². The van der Waals surface area contributed by atoms with E-state index in [9.17, 15) is 9.18 Å². The van der Waals surface area contributed by atoms with Gasteiger partial charge in [0.15, 0.2) is 5.82 Å². The highest BCUT2D eigenvalue weighted by atomic mass is 32.1. The summed E-state index contributed by atoms with van der Waals surface area (Å²) in [5.74, 6) is 0.0715. The van der Waals surface area contributed by atoms with Gasteiger partial charge in [0, 0.05) is 19.1 Å². The Morgan fingerprint density at radius 2 is 2.07 bits per heavy atom. The quantitative estimate of drug-likeness (QED) is 0.401. The van der Waals surface area contributed by atoms with Crippen molar-refractivity contribution in [2.24, 2.45) is 0 Å². The Balaban J connectivity index is 1.45. The molecule has 2 N–H and O–H groups in total. The second-order valence-corrected chi connectivity index (χ2v) is 8.81. The van der Waals surface area contributed by atoms with Crippen molar-refractivity contribution in [1.82, 2.24) is 20.2 Å². The van der Waals surface area contributed by atoms with Gasteiger partial charge < -0.3 is 9.88 Å². The Morgan fingerprint density at radius 3 is 2.80 bits per heavy atom. The first-order valence-corrected chi connectivity index (χ1v) is 10.9. The van der Waals surface area contributed by atoms with E-state index in [0.717, 1.165) is 42.3 Å². The molecule has 0 aliphatic heterocycles. The third kappa shape index (κ3) is 4.52. The van der Waals surface area contributed by atoms with Crippen LogP contribution >= 0.6 is 12.6 Å². The number of H-pyrrole nitrogens is 1. The molecule has 0 unspecified atom stereocenters. The van der Waals surface area contributed by atoms with Crippen molar-refractivity contribution in [1.29, 1.82) is 0 Å². The highest BCUT2D eigenvalue weighted by molar-refractivity contribution is 7.81. The Morgan fingerprint density at radius 1 is 1.30 bits per heavy atom. The molecule has 158 valence electrons. The summed E-state index contributed by atoms with van der Waals surface area (Å²) in [4.78, 5) is 22.4. The van der Waals surface area contributed by atoms with Gasteiger partial charge in [0.1, 0.15) is 5.82 Å². The molecule has 0 bridgehead atoms. The molecule has 5 nitrogen and oxygen atoms in total. The minimum Gasteiger partial charge on any atom is -0.334 e. The number of thiol groups is 1. The second kappa shape index (κ2) is 8.78. The van der Waals surface area contributed by atoms with Crippen LogP contribution in [0, 0.1) is 5.82 Å². The van der Waals surface area contributed by atoms with Gasteiger partial charge in [-0.25, -0.2) is 9.37 Å². The third-order valence-corrected chi connectivity index (χ3v) is 6.43. The molecule has 2 aromatic carbocycles. The van der Waals surface area contributed by atoms with E-state index in [2.05, 4.69) is 15.3 Å². The standard InChI is InChI=1S/C23H27FN4OS/c1-2-28(22(29)21-26-19-7-3-4-8-20(19)27-21)18-6-5-13-23(30,14-18)25-15-16-9-11-17(24)12-10-16/h3-4,7-12,18,25,30H,2,5-6,13-15H2,1H3,(H,26,27)/t18-,23-/m0/s1. The first-order chi connectivity index (χ1) is 14.5. The lowest BCUT2D eigenvalue weighted by atomic mass is 9.88.